The topological polar surface area (TPSA) is 46.9 Å². The number of imidazole rings is 1. The van der Waals surface area contributed by atoms with E-state index in [2.05, 4.69) is 31.3 Å². The summed E-state index contributed by atoms with van der Waals surface area (Å²) in [7, 11) is 0. The van der Waals surface area contributed by atoms with Crippen LogP contribution in [0.4, 0.5) is 4.39 Å². The Morgan fingerprint density at radius 3 is 2.27 bits per heavy atom. The smallest absolute Gasteiger partial charge is 0.248 e. The Hall–Kier alpha value is -3.47. The van der Waals surface area contributed by atoms with Gasteiger partial charge >= 0.3 is 0 Å². The lowest BCUT2D eigenvalue weighted by molar-refractivity contribution is -0.124. The molecular weight excluding hydrogens is 413 g/mol. The molecule has 0 aliphatic carbocycles. The first-order valence-electron chi connectivity index (χ1n) is 11.2. The fraction of sp³-hybridized carbons (Fsp3) is 0.286. The number of hydrogen-bond donors (Lipinski definition) is 1. The van der Waals surface area contributed by atoms with Crippen LogP contribution in [0.3, 0.4) is 0 Å². The van der Waals surface area contributed by atoms with Gasteiger partial charge in [0, 0.05) is 12.0 Å². The van der Waals surface area contributed by atoms with Crippen molar-refractivity contribution in [3.8, 4) is 0 Å². The molecule has 1 amide bonds. The third-order valence-electron chi connectivity index (χ3n) is 5.77. The minimum atomic E-state index is -0.590. The van der Waals surface area contributed by atoms with Crippen LogP contribution in [-0.4, -0.2) is 21.0 Å². The first-order valence-corrected chi connectivity index (χ1v) is 11.2. The molecule has 170 valence electrons. The van der Waals surface area contributed by atoms with Crippen LogP contribution in [0, 0.1) is 19.7 Å². The normalized spacial score (nSPS) is 12.7. The second kappa shape index (κ2) is 8.81. The molecule has 1 N–H and O–H groups in total. The summed E-state index contributed by atoms with van der Waals surface area (Å²) in [5, 5.41) is 3.16. The molecule has 5 heteroatoms. The highest BCUT2D eigenvalue weighted by Crippen LogP contribution is 2.30. The molecule has 1 atom stereocenters. The second-order valence-corrected chi connectivity index (χ2v) is 9.68. The molecular formula is C28H30FN3O. The van der Waals surface area contributed by atoms with Crippen molar-refractivity contribution in [2.45, 2.75) is 52.6 Å². The number of aryl methyl sites for hydroxylation is 2. The van der Waals surface area contributed by atoms with E-state index in [0.717, 1.165) is 39.1 Å². The van der Waals surface area contributed by atoms with Crippen LogP contribution in [0.25, 0.3) is 11.0 Å². The SMILES string of the molecule is Cc1cc2nc(Cc3ccc(F)cc3)n(C(C(=O)NC(C)(C)C)c3ccccc3)c2cc1C. The zero-order valence-electron chi connectivity index (χ0n) is 19.8. The van der Waals surface area contributed by atoms with Gasteiger partial charge in [0.1, 0.15) is 17.7 Å². The second-order valence-electron chi connectivity index (χ2n) is 9.68. The minimum Gasteiger partial charge on any atom is -0.349 e. The number of aromatic nitrogens is 2. The molecule has 0 saturated heterocycles. The summed E-state index contributed by atoms with van der Waals surface area (Å²) < 4.78 is 15.5. The van der Waals surface area contributed by atoms with Crippen molar-refractivity contribution in [2.24, 2.45) is 0 Å². The van der Waals surface area contributed by atoms with E-state index in [4.69, 9.17) is 4.98 Å². The number of hydrogen-bond acceptors (Lipinski definition) is 2. The Bertz CT molecular complexity index is 1280. The molecule has 1 heterocycles. The van der Waals surface area contributed by atoms with Crippen LogP contribution in [0.5, 0.6) is 0 Å². The standard InChI is InChI=1S/C28H30FN3O/c1-18-15-23-24(16-19(18)2)32(25(30-23)17-20-11-13-22(29)14-12-20)26(21-9-7-6-8-10-21)27(33)31-28(3,4)5/h6-16,26H,17H2,1-5H3,(H,31,33). The molecule has 1 unspecified atom stereocenters. The number of nitrogens with one attached hydrogen (secondary N) is 1. The number of carbonyl (C=O) groups is 1. The summed E-state index contributed by atoms with van der Waals surface area (Å²) in [6.45, 7) is 10.1. The van der Waals surface area contributed by atoms with Crippen LogP contribution in [-0.2, 0) is 11.2 Å². The third-order valence-corrected chi connectivity index (χ3v) is 5.77. The lowest BCUT2D eigenvalue weighted by atomic mass is 10.0. The van der Waals surface area contributed by atoms with Gasteiger partial charge < -0.3 is 9.88 Å². The summed E-state index contributed by atoms with van der Waals surface area (Å²) in [4.78, 5) is 18.6. The predicted molar refractivity (Wildman–Crippen MR) is 131 cm³/mol. The Morgan fingerprint density at radius 2 is 1.64 bits per heavy atom. The maximum absolute atomic E-state index is 13.7. The van der Waals surface area contributed by atoms with Crippen molar-refractivity contribution in [3.05, 3.63) is 101 Å². The largest absolute Gasteiger partial charge is 0.349 e. The summed E-state index contributed by atoms with van der Waals surface area (Å²) >= 11 is 0. The van der Waals surface area contributed by atoms with Crippen molar-refractivity contribution in [3.63, 3.8) is 0 Å². The quantitative estimate of drug-likeness (QED) is 0.418. The van der Waals surface area contributed by atoms with Crippen LogP contribution in [0.2, 0.25) is 0 Å². The molecule has 4 rings (SSSR count). The average molecular weight is 444 g/mol. The van der Waals surface area contributed by atoms with E-state index in [-0.39, 0.29) is 17.3 Å². The summed E-state index contributed by atoms with van der Waals surface area (Å²) in [6, 6.07) is 19.8. The molecule has 0 radical (unpaired) electrons. The number of carbonyl (C=O) groups excluding carboxylic acids is 1. The first-order chi connectivity index (χ1) is 15.6. The Morgan fingerprint density at radius 1 is 1.00 bits per heavy atom. The van der Waals surface area contributed by atoms with Crippen molar-refractivity contribution in [1.29, 1.82) is 0 Å². The number of amides is 1. The van der Waals surface area contributed by atoms with Gasteiger partial charge in [0.25, 0.3) is 0 Å². The first kappa shape index (κ1) is 22.7. The van der Waals surface area contributed by atoms with Gasteiger partial charge in [-0.3, -0.25) is 4.79 Å². The van der Waals surface area contributed by atoms with Gasteiger partial charge in [-0.05, 0) is 81.1 Å². The maximum Gasteiger partial charge on any atom is 0.248 e. The van der Waals surface area contributed by atoms with Crippen LogP contribution in [0.1, 0.15) is 54.9 Å². The van der Waals surface area contributed by atoms with Gasteiger partial charge in [0.05, 0.1) is 11.0 Å². The van der Waals surface area contributed by atoms with Gasteiger partial charge in [-0.2, -0.15) is 0 Å². The summed E-state index contributed by atoms with van der Waals surface area (Å²) in [6.07, 6.45) is 0.485. The molecule has 1 aromatic heterocycles. The highest BCUT2D eigenvalue weighted by atomic mass is 19.1. The van der Waals surface area contributed by atoms with Crippen molar-refractivity contribution < 1.29 is 9.18 Å². The predicted octanol–water partition coefficient (Wildman–Crippen LogP) is 5.89. The monoisotopic (exact) mass is 443 g/mol. The highest BCUT2D eigenvalue weighted by molar-refractivity contribution is 5.88. The van der Waals surface area contributed by atoms with E-state index in [9.17, 15) is 9.18 Å². The van der Waals surface area contributed by atoms with Gasteiger partial charge in [-0.15, -0.1) is 0 Å². The molecule has 4 nitrogen and oxygen atoms in total. The van der Waals surface area contributed by atoms with Crippen LogP contribution < -0.4 is 5.32 Å². The zero-order chi connectivity index (χ0) is 23.8. The molecule has 0 aliphatic heterocycles. The van der Waals surface area contributed by atoms with Crippen LogP contribution >= 0.6 is 0 Å². The van der Waals surface area contributed by atoms with Crippen molar-refractivity contribution >= 4 is 16.9 Å². The number of halogens is 1. The highest BCUT2D eigenvalue weighted by Gasteiger charge is 2.30. The lowest BCUT2D eigenvalue weighted by Gasteiger charge is -2.27. The molecule has 3 aromatic carbocycles. The van der Waals surface area contributed by atoms with Gasteiger partial charge in [-0.25, -0.2) is 9.37 Å². The molecule has 0 aliphatic rings. The van der Waals surface area contributed by atoms with E-state index in [1.165, 1.54) is 12.1 Å². The summed E-state index contributed by atoms with van der Waals surface area (Å²) in [5.74, 6) is 0.399. The maximum atomic E-state index is 13.7. The molecule has 0 bridgehead atoms. The number of rotatable bonds is 5. The number of benzene rings is 3. The minimum absolute atomic E-state index is 0.0911. The fourth-order valence-electron chi connectivity index (χ4n) is 4.09. The number of nitrogens with zero attached hydrogens (tertiary/aromatic N) is 2. The van der Waals surface area contributed by atoms with E-state index < -0.39 is 6.04 Å². The zero-order valence-corrected chi connectivity index (χ0v) is 19.8. The van der Waals surface area contributed by atoms with Gasteiger partial charge in [-0.1, -0.05) is 42.5 Å². The Kier molecular flexibility index (Phi) is 6.07. The third kappa shape index (κ3) is 4.98. The molecule has 0 fully saturated rings. The van der Waals surface area contributed by atoms with Gasteiger partial charge in [0.15, 0.2) is 0 Å². The lowest BCUT2D eigenvalue weighted by Crippen LogP contribution is -2.45. The van der Waals surface area contributed by atoms with E-state index in [0.29, 0.717) is 6.42 Å². The Balaban J connectivity index is 1.94. The number of fused-ring (bicyclic) bond motifs is 1. The molecule has 0 saturated carbocycles. The average Bonchev–Trinajstić information content (AvgIpc) is 3.06. The van der Waals surface area contributed by atoms with Gasteiger partial charge in [0.2, 0.25) is 5.91 Å². The fourth-order valence-corrected chi connectivity index (χ4v) is 4.09. The van der Waals surface area contributed by atoms with E-state index in [1.54, 1.807) is 12.1 Å². The summed E-state index contributed by atoms with van der Waals surface area (Å²) in [5.41, 5.74) is 5.48. The van der Waals surface area contributed by atoms with Crippen LogP contribution in [0.15, 0.2) is 66.7 Å². The molecule has 33 heavy (non-hydrogen) atoms. The van der Waals surface area contributed by atoms with E-state index in [1.807, 2.05) is 55.7 Å². The van der Waals surface area contributed by atoms with Crippen molar-refractivity contribution in [1.82, 2.24) is 14.9 Å². The Labute approximate surface area is 194 Å². The van der Waals surface area contributed by atoms with Crippen molar-refractivity contribution in [2.75, 3.05) is 0 Å². The molecule has 4 aromatic rings. The van der Waals surface area contributed by atoms with E-state index >= 15 is 0 Å². The molecule has 0 spiro atoms.